The van der Waals surface area contributed by atoms with Gasteiger partial charge in [0.1, 0.15) is 22.4 Å². The standard InChI is InChI=1S/C12H19BrN4O/c1-2-5-14-11-10(13)12(17-8-16-11)15-7-9-4-3-6-18-9/h8-9H,2-7H2,1H3,(H2,14,15,16,17). The third-order valence-electron chi connectivity index (χ3n) is 2.85. The fourth-order valence-electron chi connectivity index (χ4n) is 1.88. The molecule has 0 bridgehead atoms. The molecule has 1 atom stereocenters. The average molecular weight is 315 g/mol. The molecule has 0 radical (unpaired) electrons. The van der Waals surface area contributed by atoms with Crippen molar-refractivity contribution in [1.82, 2.24) is 9.97 Å². The SMILES string of the molecule is CCCNc1ncnc(NCC2CCCO2)c1Br. The van der Waals surface area contributed by atoms with Crippen molar-refractivity contribution < 1.29 is 4.74 Å². The molecule has 100 valence electrons. The van der Waals surface area contributed by atoms with Crippen LogP contribution in [-0.2, 0) is 4.74 Å². The molecule has 0 amide bonds. The molecule has 5 nitrogen and oxygen atoms in total. The first kappa shape index (κ1) is 13.5. The van der Waals surface area contributed by atoms with Crippen LogP contribution in [0, 0.1) is 0 Å². The third kappa shape index (κ3) is 3.55. The molecule has 1 aliphatic heterocycles. The van der Waals surface area contributed by atoms with E-state index in [0.717, 1.165) is 55.1 Å². The summed E-state index contributed by atoms with van der Waals surface area (Å²) in [5.41, 5.74) is 0. The van der Waals surface area contributed by atoms with Crippen LogP contribution in [-0.4, -0.2) is 35.8 Å². The highest BCUT2D eigenvalue weighted by Crippen LogP contribution is 2.26. The Morgan fingerprint density at radius 2 is 2.17 bits per heavy atom. The lowest BCUT2D eigenvalue weighted by Crippen LogP contribution is -2.19. The molecule has 18 heavy (non-hydrogen) atoms. The summed E-state index contributed by atoms with van der Waals surface area (Å²) in [5.74, 6) is 1.65. The minimum Gasteiger partial charge on any atom is -0.376 e. The Balaban J connectivity index is 1.94. The number of halogens is 1. The Morgan fingerprint density at radius 3 is 2.83 bits per heavy atom. The van der Waals surface area contributed by atoms with Gasteiger partial charge in [0.05, 0.1) is 6.10 Å². The zero-order chi connectivity index (χ0) is 12.8. The molecule has 1 aromatic rings. The van der Waals surface area contributed by atoms with Crippen molar-refractivity contribution in [2.45, 2.75) is 32.3 Å². The van der Waals surface area contributed by atoms with Gasteiger partial charge in [0, 0.05) is 19.7 Å². The van der Waals surface area contributed by atoms with E-state index in [-0.39, 0.29) is 0 Å². The van der Waals surface area contributed by atoms with E-state index in [1.165, 1.54) is 0 Å². The largest absolute Gasteiger partial charge is 0.376 e. The van der Waals surface area contributed by atoms with Gasteiger partial charge in [-0.25, -0.2) is 9.97 Å². The van der Waals surface area contributed by atoms with Gasteiger partial charge in [-0.05, 0) is 35.2 Å². The topological polar surface area (TPSA) is 59.1 Å². The first-order valence-corrected chi connectivity index (χ1v) is 7.20. The Morgan fingerprint density at radius 1 is 1.39 bits per heavy atom. The van der Waals surface area contributed by atoms with Crippen molar-refractivity contribution in [2.75, 3.05) is 30.3 Å². The third-order valence-corrected chi connectivity index (χ3v) is 3.60. The molecule has 1 aromatic heterocycles. The number of hydrogen-bond donors (Lipinski definition) is 2. The van der Waals surface area contributed by atoms with Crippen molar-refractivity contribution in [3.05, 3.63) is 10.8 Å². The van der Waals surface area contributed by atoms with Crippen LogP contribution in [0.4, 0.5) is 11.6 Å². The molecule has 2 heterocycles. The Labute approximate surface area is 116 Å². The quantitative estimate of drug-likeness (QED) is 0.845. The molecule has 0 spiro atoms. The Bertz CT molecular complexity index is 382. The van der Waals surface area contributed by atoms with Crippen LogP contribution < -0.4 is 10.6 Å². The van der Waals surface area contributed by atoms with Crippen molar-refractivity contribution in [2.24, 2.45) is 0 Å². The van der Waals surface area contributed by atoms with Crippen LogP contribution in [0.1, 0.15) is 26.2 Å². The number of hydrogen-bond acceptors (Lipinski definition) is 5. The Kier molecular flexibility index (Phi) is 5.19. The highest BCUT2D eigenvalue weighted by molar-refractivity contribution is 9.10. The highest BCUT2D eigenvalue weighted by Gasteiger charge is 2.16. The van der Waals surface area contributed by atoms with Gasteiger partial charge < -0.3 is 15.4 Å². The van der Waals surface area contributed by atoms with Crippen LogP contribution in [0.15, 0.2) is 10.8 Å². The lowest BCUT2D eigenvalue weighted by Gasteiger charge is -2.14. The summed E-state index contributed by atoms with van der Waals surface area (Å²) in [6.07, 6.45) is 5.21. The molecule has 1 aliphatic rings. The second-order valence-corrected chi connectivity index (χ2v) is 5.12. The van der Waals surface area contributed by atoms with Crippen molar-refractivity contribution in [3.63, 3.8) is 0 Å². The van der Waals surface area contributed by atoms with E-state index < -0.39 is 0 Å². The van der Waals surface area contributed by atoms with Crippen LogP contribution >= 0.6 is 15.9 Å². The van der Waals surface area contributed by atoms with E-state index in [1.807, 2.05) is 0 Å². The van der Waals surface area contributed by atoms with E-state index in [9.17, 15) is 0 Å². The second-order valence-electron chi connectivity index (χ2n) is 4.33. The molecule has 2 rings (SSSR count). The van der Waals surface area contributed by atoms with Crippen molar-refractivity contribution in [1.29, 1.82) is 0 Å². The number of aromatic nitrogens is 2. The average Bonchev–Trinajstić information content (AvgIpc) is 2.89. The first-order chi connectivity index (χ1) is 8.81. The van der Waals surface area contributed by atoms with Crippen LogP contribution in [0.5, 0.6) is 0 Å². The van der Waals surface area contributed by atoms with Crippen LogP contribution in [0.3, 0.4) is 0 Å². The highest BCUT2D eigenvalue weighted by atomic mass is 79.9. The lowest BCUT2D eigenvalue weighted by atomic mass is 10.2. The van der Waals surface area contributed by atoms with E-state index in [4.69, 9.17) is 4.74 Å². The fourth-order valence-corrected chi connectivity index (χ4v) is 2.36. The van der Waals surface area contributed by atoms with Gasteiger partial charge in [-0.15, -0.1) is 0 Å². The van der Waals surface area contributed by atoms with Gasteiger partial charge >= 0.3 is 0 Å². The molecular formula is C12H19BrN4O. The van der Waals surface area contributed by atoms with Gasteiger partial charge in [0.25, 0.3) is 0 Å². The van der Waals surface area contributed by atoms with Crippen molar-refractivity contribution in [3.8, 4) is 0 Å². The number of anilines is 2. The molecule has 1 unspecified atom stereocenters. The maximum absolute atomic E-state index is 5.57. The maximum atomic E-state index is 5.57. The summed E-state index contributed by atoms with van der Waals surface area (Å²) in [7, 11) is 0. The lowest BCUT2D eigenvalue weighted by molar-refractivity contribution is 0.120. The normalized spacial score (nSPS) is 18.9. The van der Waals surface area contributed by atoms with E-state index in [1.54, 1.807) is 6.33 Å². The van der Waals surface area contributed by atoms with E-state index >= 15 is 0 Å². The summed E-state index contributed by atoms with van der Waals surface area (Å²) < 4.78 is 6.46. The number of ether oxygens (including phenoxy) is 1. The molecule has 1 fully saturated rings. The fraction of sp³-hybridized carbons (Fsp3) is 0.667. The monoisotopic (exact) mass is 314 g/mol. The smallest absolute Gasteiger partial charge is 0.146 e. The second kappa shape index (κ2) is 6.89. The van der Waals surface area contributed by atoms with Gasteiger partial charge in [-0.2, -0.15) is 0 Å². The first-order valence-electron chi connectivity index (χ1n) is 6.41. The number of rotatable bonds is 6. The summed E-state index contributed by atoms with van der Waals surface area (Å²) in [4.78, 5) is 8.46. The molecule has 1 saturated heterocycles. The number of nitrogens with one attached hydrogen (secondary N) is 2. The van der Waals surface area contributed by atoms with Crippen LogP contribution in [0.25, 0.3) is 0 Å². The molecule has 0 saturated carbocycles. The Hall–Kier alpha value is -0.880. The van der Waals surface area contributed by atoms with Crippen LogP contribution in [0.2, 0.25) is 0 Å². The van der Waals surface area contributed by atoms with Gasteiger partial charge in [-0.1, -0.05) is 6.92 Å². The van der Waals surface area contributed by atoms with E-state index in [2.05, 4.69) is 43.5 Å². The van der Waals surface area contributed by atoms with Gasteiger partial charge in [-0.3, -0.25) is 0 Å². The number of nitrogens with zero attached hydrogens (tertiary/aromatic N) is 2. The zero-order valence-electron chi connectivity index (χ0n) is 10.6. The van der Waals surface area contributed by atoms with Gasteiger partial charge in [0.2, 0.25) is 0 Å². The molecular weight excluding hydrogens is 296 g/mol. The van der Waals surface area contributed by atoms with E-state index in [0.29, 0.717) is 6.10 Å². The molecule has 2 N–H and O–H groups in total. The zero-order valence-corrected chi connectivity index (χ0v) is 12.2. The summed E-state index contributed by atoms with van der Waals surface area (Å²) in [6, 6.07) is 0. The molecule has 0 aliphatic carbocycles. The predicted molar refractivity (Wildman–Crippen MR) is 76.0 cm³/mol. The minimum atomic E-state index is 0.305. The summed E-state index contributed by atoms with van der Waals surface area (Å²) in [5, 5.41) is 6.57. The predicted octanol–water partition coefficient (Wildman–Crippen LogP) is 2.65. The molecule has 6 heteroatoms. The summed E-state index contributed by atoms with van der Waals surface area (Å²) in [6.45, 7) is 4.70. The van der Waals surface area contributed by atoms with Gasteiger partial charge in [0.15, 0.2) is 0 Å². The summed E-state index contributed by atoms with van der Waals surface area (Å²) >= 11 is 3.53. The van der Waals surface area contributed by atoms with Crippen molar-refractivity contribution >= 4 is 27.6 Å². The molecule has 0 aromatic carbocycles. The minimum absolute atomic E-state index is 0.305. The maximum Gasteiger partial charge on any atom is 0.146 e.